The van der Waals surface area contributed by atoms with Crippen molar-refractivity contribution in [2.24, 2.45) is 0 Å². The molecule has 1 aliphatic heterocycles. The number of aryl methyl sites for hydroxylation is 1. The number of aromatic nitrogens is 2. The molecular formula is C37H43ClN4O6. The molecule has 0 unspecified atom stereocenters. The molecule has 4 aromatic rings. The van der Waals surface area contributed by atoms with Crippen molar-refractivity contribution in [3.05, 3.63) is 94.5 Å². The summed E-state index contributed by atoms with van der Waals surface area (Å²) in [5, 5.41) is 10.8. The van der Waals surface area contributed by atoms with Gasteiger partial charge in [-0.1, -0.05) is 59.6 Å². The standard InChI is InChI=1S/C27H24ClN3O2.C10H19NO4/c1-18-6-4-7-20(16-18)19-12-14-31(15-13-19)27(32)22-9-5-8-21(17-22)25-29-30-26(33-25)23-10-2-3-11-24(23)28;1-9(2,3)14-7(12)11-8(13)15-10(4,5)6/h2-11,16-17,19H,12-15H2,1H3;1-6H3,(H,11,12,13). The largest absolute Gasteiger partial charge is 0.443 e. The molecule has 10 nitrogen and oxygen atoms in total. The first-order valence-corrected chi connectivity index (χ1v) is 16.2. The number of hydrogen-bond donors (Lipinski definition) is 1. The Kier molecular flexibility index (Phi) is 11.6. The van der Waals surface area contributed by atoms with E-state index in [1.807, 2.05) is 52.7 Å². The number of likely N-dealkylation sites (tertiary alicyclic amines) is 1. The first kappa shape index (κ1) is 36.1. The molecule has 2 heterocycles. The van der Waals surface area contributed by atoms with E-state index in [2.05, 4.69) is 41.4 Å². The van der Waals surface area contributed by atoms with Gasteiger partial charge in [-0.2, -0.15) is 0 Å². The zero-order valence-corrected chi connectivity index (χ0v) is 29.3. The average molecular weight is 675 g/mol. The van der Waals surface area contributed by atoms with Gasteiger partial charge < -0.3 is 18.8 Å². The number of carbonyl (C=O) groups is 3. The number of ether oxygens (including phenoxy) is 2. The van der Waals surface area contributed by atoms with E-state index in [1.165, 1.54) is 11.1 Å². The summed E-state index contributed by atoms with van der Waals surface area (Å²) in [5.74, 6) is 1.25. The van der Waals surface area contributed by atoms with E-state index in [9.17, 15) is 14.4 Å². The van der Waals surface area contributed by atoms with Gasteiger partial charge in [0.25, 0.3) is 5.91 Å². The van der Waals surface area contributed by atoms with Crippen molar-refractivity contribution in [1.29, 1.82) is 0 Å². The smallest absolute Gasteiger partial charge is 0.417 e. The van der Waals surface area contributed by atoms with Crippen LogP contribution in [0.15, 0.2) is 77.2 Å². The second-order valence-corrected chi connectivity index (χ2v) is 14.0. The van der Waals surface area contributed by atoms with Gasteiger partial charge in [0.15, 0.2) is 0 Å². The molecule has 0 spiro atoms. The molecular weight excluding hydrogens is 632 g/mol. The summed E-state index contributed by atoms with van der Waals surface area (Å²) in [6.45, 7) is 13.9. The number of rotatable bonds is 4. The zero-order valence-electron chi connectivity index (χ0n) is 28.5. The Morgan fingerprint density at radius 1 is 0.812 bits per heavy atom. The zero-order chi connectivity index (χ0) is 35.1. The van der Waals surface area contributed by atoms with Crippen LogP contribution in [0.3, 0.4) is 0 Å². The third-order valence-corrected chi connectivity index (χ3v) is 7.51. The molecule has 1 aromatic heterocycles. The minimum absolute atomic E-state index is 0.0328. The Hall–Kier alpha value is -4.70. The fraction of sp³-hybridized carbons (Fsp3) is 0.378. The number of amides is 3. The van der Waals surface area contributed by atoms with Crippen LogP contribution in [0.25, 0.3) is 22.9 Å². The fourth-order valence-corrected chi connectivity index (χ4v) is 5.30. The van der Waals surface area contributed by atoms with Crippen LogP contribution in [0, 0.1) is 6.92 Å². The third kappa shape index (κ3) is 10.7. The van der Waals surface area contributed by atoms with Crippen LogP contribution >= 0.6 is 11.6 Å². The van der Waals surface area contributed by atoms with Crippen LogP contribution in [-0.2, 0) is 9.47 Å². The van der Waals surface area contributed by atoms with Crippen molar-refractivity contribution in [2.75, 3.05) is 13.1 Å². The average Bonchev–Trinajstić information content (AvgIpc) is 3.50. The van der Waals surface area contributed by atoms with Crippen LogP contribution in [0.5, 0.6) is 0 Å². The maximum atomic E-state index is 13.2. The lowest BCUT2D eigenvalue weighted by molar-refractivity contribution is 0.0353. The third-order valence-electron chi connectivity index (χ3n) is 7.18. The minimum Gasteiger partial charge on any atom is -0.443 e. The maximum Gasteiger partial charge on any atom is 0.417 e. The van der Waals surface area contributed by atoms with Crippen LogP contribution in [-0.4, -0.2) is 57.5 Å². The molecule has 0 aliphatic carbocycles. The molecule has 3 amide bonds. The van der Waals surface area contributed by atoms with Crippen molar-refractivity contribution in [2.45, 2.75) is 78.4 Å². The Balaban J connectivity index is 0.000000295. The predicted octanol–water partition coefficient (Wildman–Crippen LogP) is 8.83. The molecule has 5 rings (SSSR count). The van der Waals surface area contributed by atoms with Crippen molar-refractivity contribution in [3.63, 3.8) is 0 Å². The lowest BCUT2D eigenvalue weighted by atomic mass is 9.88. The number of nitrogens with zero attached hydrogens (tertiary/aromatic N) is 3. The first-order valence-electron chi connectivity index (χ1n) is 15.9. The molecule has 0 bridgehead atoms. The van der Waals surface area contributed by atoms with Gasteiger partial charge in [-0.15, -0.1) is 10.2 Å². The summed E-state index contributed by atoms with van der Waals surface area (Å²) >= 11 is 6.25. The van der Waals surface area contributed by atoms with E-state index in [4.69, 9.17) is 25.5 Å². The van der Waals surface area contributed by atoms with E-state index in [-0.39, 0.29) is 5.91 Å². The van der Waals surface area contributed by atoms with E-state index >= 15 is 0 Å². The molecule has 1 fully saturated rings. The van der Waals surface area contributed by atoms with E-state index < -0.39 is 23.4 Å². The summed E-state index contributed by atoms with van der Waals surface area (Å²) in [6.07, 6.45) is 0.327. The first-order chi connectivity index (χ1) is 22.6. The normalized spacial score (nSPS) is 13.6. The van der Waals surface area contributed by atoms with Gasteiger partial charge in [0, 0.05) is 24.2 Å². The summed E-state index contributed by atoms with van der Waals surface area (Å²) < 4.78 is 15.6. The molecule has 0 saturated carbocycles. The monoisotopic (exact) mass is 674 g/mol. The van der Waals surface area contributed by atoms with Crippen LogP contribution in [0.2, 0.25) is 5.02 Å². The lowest BCUT2D eigenvalue weighted by Crippen LogP contribution is -2.39. The van der Waals surface area contributed by atoms with Gasteiger partial charge in [-0.3, -0.25) is 4.79 Å². The number of alkyl carbamates (subject to hydrolysis) is 2. The lowest BCUT2D eigenvalue weighted by Gasteiger charge is -2.32. The highest BCUT2D eigenvalue weighted by Crippen LogP contribution is 2.31. The molecule has 1 saturated heterocycles. The summed E-state index contributed by atoms with van der Waals surface area (Å²) in [5.41, 5.74) is 3.40. The topological polar surface area (TPSA) is 124 Å². The van der Waals surface area contributed by atoms with Gasteiger partial charge >= 0.3 is 12.2 Å². The molecule has 0 radical (unpaired) electrons. The molecule has 48 heavy (non-hydrogen) atoms. The second kappa shape index (κ2) is 15.5. The fourth-order valence-electron chi connectivity index (χ4n) is 5.08. The van der Waals surface area contributed by atoms with Crippen LogP contribution in [0.1, 0.15) is 81.8 Å². The van der Waals surface area contributed by atoms with Gasteiger partial charge in [-0.25, -0.2) is 14.9 Å². The van der Waals surface area contributed by atoms with Gasteiger partial charge in [0.1, 0.15) is 11.2 Å². The van der Waals surface area contributed by atoms with Gasteiger partial charge in [0.2, 0.25) is 11.8 Å². The minimum atomic E-state index is -0.809. The van der Waals surface area contributed by atoms with E-state index in [0.29, 0.717) is 39.4 Å². The molecule has 254 valence electrons. The molecule has 0 atom stereocenters. The Labute approximate surface area is 286 Å². The van der Waals surface area contributed by atoms with Gasteiger partial charge in [0.05, 0.1) is 10.6 Å². The van der Waals surface area contributed by atoms with Crippen molar-refractivity contribution in [1.82, 2.24) is 20.4 Å². The summed E-state index contributed by atoms with van der Waals surface area (Å²) in [4.78, 5) is 37.4. The second-order valence-electron chi connectivity index (χ2n) is 13.6. The number of piperidine rings is 1. The highest BCUT2D eigenvalue weighted by Gasteiger charge is 2.26. The number of hydrogen-bond acceptors (Lipinski definition) is 8. The van der Waals surface area contributed by atoms with Crippen molar-refractivity contribution in [3.8, 4) is 22.9 Å². The summed E-state index contributed by atoms with van der Waals surface area (Å²) in [6, 6.07) is 23.4. The molecule has 1 aliphatic rings. The maximum absolute atomic E-state index is 13.2. The predicted molar refractivity (Wildman–Crippen MR) is 185 cm³/mol. The number of imide groups is 1. The highest BCUT2D eigenvalue weighted by atomic mass is 35.5. The highest BCUT2D eigenvalue weighted by molar-refractivity contribution is 6.33. The van der Waals surface area contributed by atoms with Crippen LogP contribution < -0.4 is 5.32 Å². The van der Waals surface area contributed by atoms with Crippen LogP contribution in [0.4, 0.5) is 9.59 Å². The van der Waals surface area contributed by atoms with E-state index in [1.54, 1.807) is 47.6 Å². The molecule has 11 heteroatoms. The Bertz CT molecular complexity index is 1710. The van der Waals surface area contributed by atoms with Crippen molar-refractivity contribution < 1.29 is 28.3 Å². The quantitative estimate of drug-likeness (QED) is 0.228. The number of carbonyl (C=O) groups excluding carboxylic acids is 3. The van der Waals surface area contributed by atoms with Gasteiger partial charge in [-0.05, 0) is 103 Å². The molecule has 1 N–H and O–H groups in total. The number of halogens is 1. The molecule has 3 aromatic carbocycles. The number of benzene rings is 3. The van der Waals surface area contributed by atoms with Crippen molar-refractivity contribution >= 4 is 29.7 Å². The Morgan fingerprint density at radius 2 is 1.42 bits per heavy atom. The number of nitrogens with one attached hydrogen (secondary N) is 1. The summed E-state index contributed by atoms with van der Waals surface area (Å²) in [7, 11) is 0. The van der Waals surface area contributed by atoms with E-state index in [0.717, 1.165) is 25.9 Å². The Morgan fingerprint density at radius 3 is 2.02 bits per heavy atom. The SMILES string of the molecule is CC(C)(C)OC(=O)NC(=O)OC(C)(C)C.Cc1cccc(C2CCN(C(=O)c3cccc(-c4nnc(-c5ccccc5Cl)o4)c3)CC2)c1.